The summed E-state index contributed by atoms with van der Waals surface area (Å²) >= 11 is 1.36. The van der Waals surface area contributed by atoms with Gasteiger partial charge < -0.3 is 5.32 Å². The number of carbonyl (C=O) groups excluding carboxylic acids is 1. The zero-order valence-corrected chi connectivity index (χ0v) is 19.0. The van der Waals surface area contributed by atoms with Crippen molar-refractivity contribution in [2.45, 2.75) is 31.8 Å². The Morgan fingerprint density at radius 2 is 1.69 bits per heavy atom. The van der Waals surface area contributed by atoms with Gasteiger partial charge in [0.25, 0.3) is 0 Å². The monoisotopic (exact) mass is 443 g/mol. The molecule has 0 spiro atoms. The van der Waals surface area contributed by atoms with Crippen molar-refractivity contribution in [2.24, 2.45) is 0 Å². The summed E-state index contributed by atoms with van der Waals surface area (Å²) in [4.78, 5) is 16.7. The van der Waals surface area contributed by atoms with Crippen LogP contribution in [0.25, 0.3) is 17.1 Å². The molecule has 2 aromatic heterocycles. The van der Waals surface area contributed by atoms with Gasteiger partial charge in [-0.05, 0) is 55.3 Å². The van der Waals surface area contributed by atoms with Gasteiger partial charge in [-0.3, -0.25) is 14.3 Å². The van der Waals surface area contributed by atoms with Crippen molar-refractivity contribution in [3.8, 4) is 17.1 Å². The molecular formula is C25H25N5OS. The lowest BCUT2D eigenvalue weighted by Gasteiger charge is -2.11. The highest BCUT2D eigenvalue weighted by Crippen LogP contribution is 2.28. The second-order valence-electron chi connectivity index (χ2n) is 7.50. The van der Waals surface area contributed by atoms with Crippen molar-refractivity contribution < 1.29 is 4.79 Å². The molecule has 7 heteroatoms. The molecule has 0 radical (unpaired) electrons. The summed E-state index contributed by atoms with van der Waals surface area (Å²) in [6.07, 6.45) is 5.61. The highest BCUT2D eigenvalue weighted by molar-refractivity contribution is 7.99. The van der Waals surface area contributed by atoms with E-state index in [2.05, 4.69) is 58.6 Å². The van der Waals surface area contributed by atoms with E-state index >= 15 is 0 Å². The third kappa shape index (κ3) is 5.23. The minimum atomic E-state index is -0.0813. The molecule has 162 valence electrons. The summed E-state index contributed by atoms with van der Waals surface area (Å²) in [7, 11) is 0. The molecule has 2 aromatic carbocycles. The first-order valence-corrected chi connectivity index (χ1v) is 11.6. The van der Waals surface area contributed by atoms with Crippen LogP contribution in [0.4, 0.5) is 5.69 Å². The first kappa shape index (κ1) is 21.8. The Morgan fingerprint density at radius 3 is 2.38 bits per heavy atom. The maximum Gasteiger partial charge on any atom is 0.234 e. The Balaban J connectivity index is 1.52. The molecule has 0 aliphatic carbocycles. The van der Waals surface area contributed by atoms with Crippen LogP contribution in [0.2, 0.25) is 0 Å². The molecule has 0 saturated heterocycles. The maximum atomic E-state index is 12.6. The van der Waals surface area contributed by atoms with Crippen LogP contribution in [0.1, 0.15) is 24.5 Å². The molecule has 0 saturated carbocycles. The number of thioether (sulfide) groups is 1. The molecule has 2 heterocycles. The maximum absolute atomic E-state index is 12.6. The minimum absolute atomic E-state index is 0.0813. The van der Waals surface area contributed by atoms with Gasteiger partial charge in [0.05, 0.1) is 5.75 Å². The third-order valence-electron chi connectivity index (χ3n) is 4.97. The standard InChI is InChI=1S/C25H25N5OS/c1-3-4-19-7-9-21(10-8-19)27-23(31)17-32-25-29-28-24(20-13-15-26-16-14-20)30(25)22-11-5-18(2)6-12-22/h5-16H,3-4,17H2,1-2H3,(H,27,31). The van der Waals surface area contributed by atoms with E-state index in [1.807, 2.05) is 41.0 Å². The third-order valence-corrected chi connectivity index (χ3v) is 5.90. The zero-order chi connectivity index (χ0) is 22.3. The van der Waals surface area contributed by atoms with Gasteiger partial charge in [-0.25, -0.2) is 0 Å². The highest BCUT2D eigenvalue weighted by Gasteiger charge is 2.17. The normalized spacial score (nSPS) is 10.8. The number of hydrogen-bond donors (Lipinski definition) is 1. The van der Waals surface area contributed by atoms with Crippen LogP contribution >= 0.6 is 11.8 Å². The van der Waals surface area contributed by atoms with E-state index < -0.39 is 0 Å². The molecule has 0 fully saturated rings. The number of carbonyl (C=O) groups is 1. The summed E-state index contributed by atoms with van der Waals surface area (Å²) in [6.45, 7) is 4.21. The molecule has 1 N–H and O–H groups in total. The van der Waals surface area contributed by atoms with Crippen LogP contribution in [0.15, 0.2) is 78.2 Å². The number of benzene rings is 2. The summed E-state index contributed by atoms with van der Waals surface area (Å²) < 4.78 is 1.98. The van der Waals surface area contributed by atoms with E-state index in [0.29, 0.717) is 11.0 Å². The average Bonchev–Trinajstić information content (AvgIpc) is 3.24. The van der Waals surface area contributed by atoms with E-state index in [9.17, 15) is 4.79 Å². The van der Waals surface area contributed by atoms with Gasteiger partial charge in [0.15, 0.2) is 11.0 Å². The predicted octanol–water partition coefficient (Wildman–Crippen LogP) is 5.32. The summed E-state index contributed by atoms with van der Waals surface area (Å²) in [5, 5.41) is 12.4. The average molecular weight is 444 g/mol. The first-order chi connectivity index (χ1) is 15.6. The van der Waals surface area contributed by atoms with Crippen LogP contribution in [-0.4, -0.2) is 31.4 Å². The number of hydrogen-bond acceptors (Lipinski definition) is 5. The van der Waals surface area contributed by atoms with E-state index in [-0.39, 0.29) is 11.7 Å². The molecule has 4 rings (SSSR count). The quantitative estimate of drug-likeness (QED) is 0.373. The van der Waals surface area contributed by atoms with Gasteiger partial charge in [-0.1, -0.05) is 54.9 Å². The molecule has 0 atom stereocenters. The van der Waals surface area contributed by atoms with Crippen molar-refractivity contribution in [3.05, 3.63) is 84.2 Å². The fourth-order valence-electron chi connectivity index (χ4n) is 3.35. The van der Waals surface area contributed by atoms with Crippen LogP contribution in [0.3, 0.4) is 0 Å². The van der Waals surface area contributed by atoms with Crippen molar-refractivity contribution in [3.63, 3.8) is 0 Å². The van der Waals surface area contributed by atoms with Crippen molar-refractivity contribution >= 4 is 23.4 Å². The molecule has 1 amide bonds. The molecule has 0 unspecified atom stereocenters. The van der Waals surface area contributed by atoms with Crippen molar-refractivity contribution in [1.82, 2.24) is 19.7 Å². The van der Waals surface area contributed by atoms with Crippen LogP contribution in [-0.2, 0) is 11.2 Å². The Kier molecular flexibility index (Phi) is 6.97. The Hall–Kier alpha value is -3.45. The summed E-state index contributed by atoms with van der Waals surface area (Å²) in [5.41, 5.74) is 5.10. The number of anilines is 1. The highest BCUT2D eigenvalue weighted by atomic mass is 32.2. The smallest absolute Gasteiger partial charge is 0.234 e. The van der Waals surface area contributed by atoms with Gasteiger partial charge in [0.1, 0.15) is 0 Å². The number of nitrogens with zero attached hydrogens (tertiary/aromatic N) is 4. The number of nitrogens with one attached hydrogen (secondary N) is 1. The Morgan fingerprint density at radius 1 is 0.969 bits per heavy atom. The van der Waals surface area contributed by atoms with Crippen LogP contribution in [0.5, 0.6) is 0 Å². The first-order valence-electron chi connectivity index (χ1n) is 10.6. The van der Waals surface area contributed by atoms with Gasteiger partial charge in [-0.15, -0.1) is 10.2 Å². The van der Waals surface area contributed by atoms with E-state index in [1.165, 1.54) is 22.9 Å². The van der Waals surface area contributed by atoms with Crippen LogP contribution in [0, 0.1) is 6.92 Å². The lowest BCUT2D eigenvalue weighted by Crippen LogP contribution is -2.14. The SMILES string of the molecule is CCCc1ccc(NC(=O)CSc2nnc(-c3ccncc3)n2-c2ccc(C)cc2)cc1. The van der Waals surface area contributed by atoms with Gasteiger partial charge in [-0.2, -0.15) is 0 Å². The van der Waals surface area contributed by atoms with Gasteiger partial charge in [0.2, 0.25) is 5.91 Å². The zero-order valence-electron chi connectivity index (χ0n) is 18.2. The van der Waals surface area contributed by atoms with Gasteiger partial charge in [0, 0.05) is 29.3 Å². The van der Waals surface area contributed by atoms with Gasteiger partial charge >= 0.3 is 0 Å². The largest absolute Gasteiger partial charge is 0.325 e. The molecular weight excluding hydrogens is 418 g/mol. The Bertz CT molecular complexity index is 1170. The number of aryl methyl sites for hydroxylation is 2. The van der Waals surface area contributed by atoms with Crippen molar-refractivity contribution in [2.75, 3.05) is 11.1 Å². The molecule has 32 heavy (non-hydrogen) atoms. The lowest BCUT2D eigenvalue weighted by molar-refractivity contribution is -0.113. The van der Waals surface area contributed by atoms with E-state index in [4.69, 9.17) is 0 Å². The van der Waals surface area contributed by atoms with E-state index in [0.717, 1.165) is 29.8 Å². The molecule has 0 bridgehead atoms. The van der Waals surface area contributed by atoms with E-state index in [1.54, 1.807) is 12.4 Å². The number of amides is 1. The predicted molar refractivity (Wildman–Crippen MR) is 129 cm³/mol. The fraction of sp³-hybridized carbons (Fsp3) is 0.200. The number of pyridine rings is 1. The minimum Gasteiger partial charge on any atom is -0.325 e. The number of rotatable bonds is 8. The second kappa shape index (κ2) is 10.2. The lowest BCUT2D eigenvalue weighted by atomic mass is 10.1. The second-order valence-corrected chi connectivity index (χ2v) is 8.44. The fourth-order valence-corrected chi connectivity index (χ4v) is 4.10. The summed E-state index contributed by atoms with van der Waals surface area (Å²) in [6, 6.07) is 20.0. The van der Waals surface area contributed by atoms with Crippen LogP contribution < -0.4 is 5.32 Å². The van der Waals surface area contributed by atoms with Crippen molar-refractivity contribution in [1.29, 1.82) is 0 Å². The molecule has 6 nitrogen and oxygen atoms in total. The molecule has 4 aromatic rings. The molecule has 0 aliphatic rings. The Labute approximate surface area is 192 Å². The number of aromatic nitrogens is 4. The summed E-state index contributed by atoms with van der Waals surface area (Å²) in [5.74, 6) is 0.865. The molecule has 0 aliphatic heterocycles. The topological polar surface area (TPSA) is 72.7 Å².